The lowest BCUT2D eigenvalue weighted by Crippen LogP contribution is -2.37. The van der Waals surface area contributed by atoms with Gasteiger partial charge in [0, 0.05) is 10.8 Å². The molecule has 0 bridgehead atoms. The summed E-state index contributed by atoms with van der Waals surface area (Å²) in [7, 11) is 2.09. The summed E-state index contributed by atoms with van der Waals surface area (Å²) in [5.74, 6) is 2.37. The van der Waals surface area contributed by atoms with Crippen LogP contribution >= 0.6 is 0 Å². The second-order valence-corrected chi connectivity index (χ2v) is 14.1. The first-order valence-electron chi connectivity index (χ1n) is 18.4. The van der Waals surface area contributed by atoms with Gasteiger partial charge in [0.1, 0.15) is 0 Å². The molecule has 0 N–H and O–H groups in total. The van der Waals surface area contributed by atoms with E-state index in [1.807, 2.05) is 0 Å². The highest BCUT2D eigenvalue weighted by Crippen LogP contribution is 2.37. The Balaban J connectivity index is 1.20. The van der Waals surface area contributed by atoms with Crippen LogP contribution in [-0.4, -0.2) is 14.5 Å². The highest BCUT2D eigenvalue weighted by atomic mass is 15.1. The first-order valence-corrected chi connectivity index (χ1v) is 18.4. The molecule has 0 aliphatic carbocycles. The van der Waals surface area contributed by atoms with Gasteiger partial charge in [-0.25, -0.2) is 4.57 Å². The molecular weight excluding hydrogens is 657 g/mol. The lowest BCUT2D eigenvalue weighted by atomic mass is 9.95. The van der Waals surface area contributed by atoms with Crippen LogP contribution in [0.15, 0.2) is 182 Å². The monoisotopic (exact) mass is 689 g/mol. The molecule has 0 aliphatic heterocycles. The normalized spacial score (nSPS) is 11.8. The minimum Gasteiger partial charge on any atom is -0.308 e. The largest absolute Gasteiger partial charge is 0.308 e. The maximum absolute atomic E-state index is 5.48. The Morgan fingerprint density at radius 2 is 0.944 bits per heavy atom. The summed E-state index contributed by atoms with van der Waals surface area (Å²) >= 11 is 0. The number of hydrogen-bond acceptors (Lipinski definition) is 2. The minimum absolute atomic E-state index is 0.683. The first kappa shape index (κ1) is 30.5. The van der Waals surface area contributed by atoms with Crippen molar-refractivity contribution in [3.05, 3.63) is 182 Å². The molecule has 2 heterocycles. The first-order chi connectivity index (χ1) is 26.7. The van der Waals surface area contributed by atoms with E-state index in [9.17, 15) is 0 Å². The molecule has 0 saturated heterocycles. The maximum Gasteiger partial charge on any atom is 0.308 e. The van der Waals surface area contributed by atoms with Gasteiger partial charge in [0.2, 0.25) is 0 Å². The Morgan fingerprint density at radius 3 is 1.72 bits per heavy atom. The molecule has 0 radical (unpaired) electrons. The van der Waals surface area contributed by atoms with Crippen LogP contribution in [0.1, 0.15) is 0 Å². The van der Waals surface area contributed by atoms with Crippen LogP contribution < -0.4 is 4.57 Å². The van der Waals surface area contributed by atoms with Crippen molar-refractivity contribution in [1.29, 1.82) is 0 Å². The molecule has 0 aliphatic rings. The van der Waals surface area contributed by atoms with Crippen LogP contribution in [0.3, 0.4) is 0 Å². The third-order valence-electron chi connectivity index (χ3n) is 11.0. The molecule has 11 rings (SSSR count). The smallest absolute Gasteiger partial charge is 0.308 e. The number of para-hydroxylation sites is 3. The molecular formula is C50H33N4+. The molecule has 0 spiro atoms. The van der Waals surface area contributed by atoms with Crippen LogP contribution in [0.2, 0.25) is 0 Å². The quantitative estimate of drug-likeness (QED) is 0.136. The van der Waals surface area contributed by atoms with E-state index in [0.29, 0.717) is 5.82 Å². The lowest BCUT2D eigenvalue weighted by Gasteiger charge is -2.14. The van der Waals surface area contributed by atoms with Gasteiger partial charge < -0.3 is 4.57 Å². The zero-order valence-corrected chi connectivity index (χ0v) is 29.6. The van der Waals surface area contributed by atoms with Crippen LogP contribution in [-0.2, 0) is 7.05 Å². The van der Waals surface area contributed by atoms with Crippen molar-refractivity contribution >= 4 is 64.9 Å². The Kier molecular flexibility index (Phi) is 6.73. The molecule has 0 amide bonds. The van der Waals surface area contributed by atoms with E-state index in [4.69, 9.17) is 9.97 Å². The fraction of sp³-hybridized carbons (Fsp3) is 0.0200. The predicted molar refractivity (Wildman–Crippen MR) is 224 cm³/mol. The SMILES string of the molecule is C[n+]1c(-c2ccc3ccccc3c2)nc(-c2ccc3ccc4ccc5ccccc5c4c3c2)nc1-c1ccccc1-n1c2ccccc2c2ccccc21. The molecule has 0 unspecified atom stereocenters. The number of benzene rings is 9. The Labute approximate surface area is 311 Å². The minimum atomic E-state index is 0.683. The third kappa shape index (κ3) is 4.67. The fourth-order valence-corrected chi connectivity index (χ4v) is 8.44. The Hall–Kier alpha value is -7.17. The van der Waals surface area contributed by atoms with E-state index < -0.39 is 0 Å². The van der Waals surface area contributed by atoms with E-state index in [2.05, 4.69) is 198 Å². The molecule has 0 fully saturated rings. The zero-order chi connectivity index (χ0) is 35.8. The van der Waals surface area contributed by atoms with E-state index in [-0.39, 0.29) is 0 Å². The topological polar surface area (TPSA) is 34.6 Å². The predicted octanol–water partition coefficient (Wildman–Crippen LogP) is 12.0. The van der Waals surface area contributed by atoms with Crippen molar-refractivity contribution in [2.24, 2.45) is 7.05 Å². The summed E-state index contributed by atoms with van der Waals surface area (Å²) < 4.78 is 4.54. The second kappa shape index (κ2) is 11.9. The van der Waals surface area contributed by atoms with Gasteiger partial charge in [-0.2, -0.15) is 0 Å². The summed E-state index contributed by atoms with van der Waals surface area (Å²) in [5, 5.41) is 12.2. The fourth-order valence-electron chi connectivity index (χ4n) is 8.44. The van der Waals surface area contributed by atoms with Crippen molar-refractivity contribution in [1.82, 2.24) is 14.5 Å². The summed E-state index contributed by atoms with van der Waals surface area (Å²) in [6.45, 7) is 0. The number of nitrogens with zero attached hydrogens (tertiary/aromatic N) is 4. The van der Waals surface area contributed by atoms with Gasteiger partial charge in [-0.1, -0.05) is 143 Å². The van der Waals surface area contributed by atoms with E-state index >= 15 is 0 Å². The molecule has 9 aromatic carbocycles. The molecule has 11 aromatic rings. The Morgan fingerprint density at radius 1 is 0.407 bits per heavy atom. The van der Waals surface area contributed by atoms with Crippen LogP contribution in [0.25, 0.3) is 105 Å². The van der Waals surface area contributed by atoms with E-state index in [0.717, 1.165) is 45.1 Å². The van der Waals surface area contributed by atoms with Crippen molar-refractivity contribution in [3.8, 4) is 39.9 Å². The summed E-state index contributed by atoms with van der Waals surface area (Å²) in [6.07, 6.45) is 0. The lowest BCUT2D eigenvalue weighted by molar-refractivity contribution is -0.654. The van der Waals surface area contributed by atoms with E-state index in [1.54, 1.807) is 0 Å². The third-order valence-corrected chi connectivity index (χ3v) is 11.0. The van der Waals surface area contributed by atoms with Crippen LogP contribution in [0.4, 0.5) is 0 Å². The van der Waals surface area contributed by atoms with Crippen molar-refractivity contribution in [3.63, 3.8) is 0 Å². The average Bonchev–Trinajstić information content (AvgIpc) is 3.57. The van der Waals surface area contributed by atoms with Gasteiger partial charge in [-0.3, -0.25) is 0 Å². The van der Waals surface area contributed by atoms with Gasteiger partial charge >= 0.3 is 5.82 Å². The number of hydrogen-bond donors (Lipinski definition) is 0. The highest BCUT2D eigenvalue weighted by molar-refractivity contribution is 6.20. The molecule has 0 atom stereocenters. The van der Waals surface area contributed by atoms with Crippen molar-refractivity contribution in [2.45, 2.75) is 0 Å². The van der Waals surface area contributed by atoms with Crippen molar-refractivity contribution in [2.75, 3.05) is 0 Å². The number of aromatic nitrogens is 4. The summed E-state index contributed by atoms with van der Waals surface area (Å²) in [5.41, 5.74) is 6.41. The number of fused-ring (bicyclic) bond motifs is 9. The van der Waals surface area contributed by atoms with E-state index in [1.165, 1.54) is 53.9 Å². The molecule has 4 nitrogen and oxygen atoms in total. The van der Waals surface area contributed by atoms with Gasteiger partial charge in [0.15, 0.2) is 0 Å². The van der Waals surface area contributed by atoms with Gasteiger partial charge in [0.05, 0.1) is 40.5 Å². The zero-order valence-electron chi connectivity index (χ0n) is 29.6. The molecule has 252 valence electrons. The van der Waals surface area contributed by atoms with Crippen molar-refractivity contribution < 1.29 is 4.57 Å². The highest BCUT2D eigenvalue weighted by Gasteiger charge is 2.27. The Bertz CT molecular complexity index is 3240. The second-order valence-electron chi connectivity index (χ2n) is 14.1. The summed E-state index contributed by atoms with van der Waals surface area (Å²) in [4.78, 5) is 10.9. The summed E-state index contributed by atoms with van der Waals surface area (Å²) in [6, 6.07) is 65.2. The molecule has 54 heavy (non-hydrogen) atoms. The van der Waals surface area contributed by atoms with Gasteiger partial charge in [-0.15, -0.1) is 0 Å². The molecule has 0 saturated carbocycles. The van der Waals surface area contributed by atoms with Crippen LogP contribution in [0, 0.1) is 0 Å². The number of rotatable bonds is 4. The molecule has 4 heteroatoms. The van der Waals surface area contributed by atoms with Gasteiger partial charge in [-0.05, 0) is 91.6 Å². The average molecular weight is 690 g/mol. The molecule has 2 aromatic heterocycles. The standard InChI is InChI=1S/C50H33N4/c1-53-49(38-29-22-32-12-2-3-14-36(32)30-38)51-48(37-28-25-34-24-27-35-26-23-33-13-4-5-15-39(33)47(35)43(34)31-37)52-50(53)42-18-8-11-21-46(42)54-44-19-9-6-16-40(44)41-17-7-10-20-45(41)54/h2-31H,1H3/q+1. The maximum atomic E-state index is 5.48. The van der Waals surface area contributed by atoms with Gasteiger partial charge in [0.25, 0.3) is 11.6 Å². The van der Waals surface area contributed by atoms with Crippen LogP contribution in [0.5, 0.6) is 0 Å².